The van der Waals surface area contributed by atoms with E-state index in [9.17, 15) is 4.79 Å². The number of esters is 1. The van der Waals surface area contributed by atoms with Gasteiger partial charge in [0.25, 0.3) is 0 Å². The van der Waals surface area contributed by atoms with Crippen molar-refractivity contribution >= 4 is 54.8 Å². The second-order valence-corrected chi connectivity index (χ2v) is 13.6. The molecule has 3 aliphatic heterocycles. The van der Waals surface area contributed by atoms with Crippen LogP contribution in [0.15, 0.2) is 0 Å². The predicted octanol–water partition coefficient (Wildman–Crippen LogP) is 1.71. The average molecular weight is 517 g/mol. The van der Waals surface area contributed by atoms with Crippen LogP contribution >= 0.6 is 43.0 Å². The fourth-order valence-corrected chi connectivity index (χ4v) is 12.2. The first-order valence-electron chi connectivity index (χ1n) is 7.21. The molecular formula is C13H17I2N3O3. The number of carbonyl (C=O) groups is 1. The van der Waals surface area contributed by atoms with Gasteiger partial charge in [-0.2, -0.15) is 0 Å². The van der Waals surface area contributed by atoms with Crippen molar-refractivity contribution in [1.29, 1.82) is 5.41 Å². The van der Waals surface area contributed by atoms with E-state index in [4.69, 9.17) is 14.9 Å². The molecule has 3 N–H and O–H groups in total. The van der Waals surface area contributed by atoms with Gasteiger partial charge in [-0.25, -0.2) is 0 Å². The zero-order valence-electron chi connectivity index (χ0n) is 11.7. The van der Waals surface area contributed by atoms with Gasteiger partial charge in [0.1, 0.15) is 0 Å². The van der Waals surface area contributed by atoms with E-state index in [-0.39, 0.29) is 27.3 Å². The van der Waals surface area contributed by atoms with Gasteiger partial charge in [0.2, 0.25) is 0 Å². The van der Waals surface area contributed by atoms with E-state index < -0.39 is 23.8 Å². The molecule has 0 amide bonds. The summed E-state index contributed by atoms with van der Waals surface area (Å²) in [7, 11) is 0. The molecule has 6 nitrogen and oxygen atoms in total. The molecule has 0 radical (unpaired) electrons. The second kappa shape index (κ2) is 3.69. The molecule has 0 aromatic heterocycles. The van der Waals surface area contributed by atoms with E-state index in [2.05, 4.69) is 36.6 Å². The van der Waals surface area contributed by atoms with Crippen molar-refractivity contribution in [2.24, 2.45) is 17.3 Å². The van der Waals surface area contributed by atoms with E-state index in [1.807, 2.05) is 6.92 Å². The Hall–Kier alpha value is 0.320. The summed E-state index contributed by atoms with van der Waals surface area (Å²) in [5.41, 5.74) is -0.112. The monoisotopic (exact) mass is 517 g/mol. The Bertz CT molecular complexity index is 591. The number of fused-ring (bicyclic) bond motifs is 2. The van der Waals surface area contributed by atoms with Crippen molar-refractivity contribution in [1.82, 2.24) is 7.06 Å². The van der Waals surface area contributed by atoms with Crippen LogP contribution < -0.4 is 7.06 Å². The minimum atomic E-state index is -1.17. The number of carbonyl (C=O) groups excluding carboxylic acids is 1. The van der Waals surface area contributed by atoms with Gasteiger partial charge >= 0.3 is 145 Å². The van der Waals surface area contributed by atoms with E-state index in [0.717, 1.165) is 12.8 Å². The molecule has 3 heterocycles. The molecule has 2 bridgehead atoms. The first-order valence-corrected chi connectivity index (χ1v) is 11.5. The summed E-state index contributed by atoms with van der Waals surface area (Å²) in [5, 5.41) is 8.06. The van der Waals surface area contributed by atoms with Crippen molar-refractivity contribution < 1.29 is 14.3 Å². The van der Waals surface area contributed by atoms with Gasteiger partial charge < -0.3 is 0 Å². The van der Waals surface area contributed by atoms with E-state index in [0.29, 0.717) is 17.7 Å². The van der Waals surface area contributed by atoms with Crippen LogP contribution in [0, 0.1) is 22.7 Å². The Morgan fingerprint density at radius 3 is 2.90 bits per heavy atom. The van der Waals surface area contributed by atoms with Gasteiger partial charge in [-0.15, -0.1) is 0 Å². The molecule has 21 heavy (non-hydrogen) atoms. The molecule has 0 aromatic rings. The maximum absolute atomic E-state index is 12.7. The van der Waals surface area contributed by atoms with Gasteiger partial charge in [-0.05, 0) is 0 Å². The molecule has 0 aromatic carbocycles. The summed E-state index contributed by atoms with van der Waals surface area (Å²) in [5.74, 6) is 0.973. The predicted molar refractivity (Wildman–Crippen MR) is 92.2 cm³/mol. The Morgan fingerprint density at radius 2 is 2.29 bits per heavy atom. The van der Waals surface area contributed by atoms with Gasteiger partial charge in [0.15, 0.2) is 0 Å². The minimum absolute atomic E-state index is 0.0933. The van der Waals surface area contributed by atoms with E-state index >= 15 is 0 Å². The second-order valence-electron chi connectivity index (χ2n) is 7.14. The summed E-state index contributed by atoms with van der Waals surface area (Å²) >= 11 is 1.05. The van der Waals surface area contributed by atoms with Gasteiger partial charge in [0.05, 0.1) is 0 Å². The summed E-state index contributed by atoms with van der Waals surface area (Å²) in [6.07, 6.45) is 1.69. The average Bonchev–Trinajstić information content (AvgIpc) is 3.18. The Labute approximate surface area is 144 Å². The number of hydrogen-bond acceptors (Lipinski definition) is 6. The van der Waals surface area contributed by atoms with E-state index in [1.165, 1.54) is 0 Å². The third kappa shape index (κ3) is 1.46. The number of nitrogens with one attached hydrogen (secondary N) is 3. The van der Waals surface area contributed by atoms with Crippen molar-refractivity contribution in [2.45, 2.75) is 46.0 Å². The van der Waals surface area contributed by atoms with Crippen LogP contribution in [0.1, 0.15) is 26.7 Å². The van der Waals surface area contributed by atoms with Crippen LogP contribution in [0.25, 0.3) is 0 Å². The zero-order valence-corrected chi connectivity index (χ0v) is 16.0. The fourth-order valence-electron chi connectivity index (χ4n) is 4.41. The molecule has 2 saturated carbocycles. The normalized spacial score (nSPS) is 51.2. The first-order chi connectivity index (χ1) is 9.79. The number of rotatable bonds is 3. The van der Waals surface area contributed by atoms with Crippen molar-refractivity contribution in [2.75, 3.05) is 0 Å². The van der Waals surface area contributed by atoms with Crippen LogP contribution in [0.2, 0.25) is 0 Å². The molecule has 5 aliphatic rings. The molecule has 3 saturated heterocycles. The third-order valence-electron chi connectivity index (χ3n) is 5.95. The number of hydrogen-bond donors (Lipinski definition) is 3. The van der Waals surface area contributed by atoms with Crippen LogP contribution in [-0.2, 0) is 14.3 Å². The molecular weight excluding hydrogens is 500 g/mol. The maximum atomic E-state index is 12.7. The number of halogens is 2. The Kier molecular flexibility index (Phi) is 2.41. The summed E-state index contributed by atoms with van der Waals surface area (Å²) in [6, 6.07) is 0. The molecule has 6 atom stereocenters. The van der Waals surface area contributed by atoms with Crippen LogP contribution in [0.5, 0.6) is 0 Å². The SMILES string of the molecule is CC12CC3CC1C(OC2=N)C3OC(=O)C(C)(I)C12NI1N2. The van der Waals surface area contributed by atoms with Crippen molar-refractivity contribution in [3.8, 4) is 0 Å². The molecule has 0 spiro atoms. The first kappa shape index (κ1) is 13.7. The van der Waals surface area contributed by atoms with Crippen molar-refractivity contribution in [3.63, 3.8) is 0 Å². The molecule has 8 heteroatoms. The fraction of sp³-hybridized carbons (Fsp3) is 0.846. The Balaban J connectivity index is 1.37. The summed E-state index contributed by atoms with van der Waals surface area (Å²) in [4.78, 5) is 12.7. The van der Waals surface area contributed by atoms with Gasteiger partial charge in [-0.3, -0.25) is 0 Å². The van der Waals surface area contributed by atoms with Crippen LogP contribution in [0.3, 0.4) is 0 Å². The molecule has 116 valence electrons. The van der Waals surface area contributed by atoms with Gasteiger partial charge in [-0.1, -0.05) is 0 Å². The molecule has 5 fully saturated rings. The summed E-state index contributed by atoms with van der Waals surface area (Å²) in [6.45, 7) is 4.08. The third-order valence-corrected chi connectivity index (χ3v) is 13.1. The van der Waals surface area contributed by atoms with Crippen LogP contribution in [0.4, 0.5) is 0 Å². The number of ether oxygens (including phenoxy) is 2. The van der Waals surface area contributed by atoms with E-state index in [1.54, 1.807) is 0 Å². The summed E-state index contributed by atoms with van der Waals surface area (Å²) < 4.78 is 17.9. The van der Waals surface area contributed by atoms with Crippen molar-refractivity contribution in [3.05, 3.63) is 0 Å². The molecule has 2 aliphatic carbocycles. The number of alkyl halides is 2. The molecule has 6 unspecified atom stereocenters. The topological polar surface area (TPSA) is 103 Å². The standard InChI is InChI=1S/C13H17I2N3O3/c1-11-4-5-3-6(11)8(20-9(11)16)7(5)21-10(19)12(2,14)13-15(17-13)18-13/h5-8,16-18H,3-4H2,1-2H3. The van der Waals surface area contributed by atoms with Gasteiger partial charge in [0, 0.05) is 0 Å². The quantitative estimate of drug-likeness (QED) is 0.132. The zero-order chi connectivity index (χ0) is 14.8. The molecule has 5 rings (SSSR count). The Morgan fingerprint density at radius 1 is 1.62 bits per heavy atom. The van der Waals surface area contributed by atoms with Crippen LogP contribution in [-0.4, -0.2) is 31.2 Å².